The molecule has 1 aliphatic rings. The summed E-state index contributed by atoms with van der Waals surface area (Å²) in [5.74, 6) is -0.0627. The second-order valence-electron chi connectivity index (χ2n) is 7.47. The first kappa shape index (κ1) is 21.9. The van der Waals surface area contributed by atoms with E-state index < -0.39 is 0 Å². The Bertz CT molecular complexity index is 1260. The fourth-order valence-electron chi connectivity index (χ4n) is 3.56. The largest absolute Gasteiger partial charge is 0.318 e. The topological polar surface area (TPSA) is 37.6 Å². The maximum absolute atomic E-state index is 12.9. The van der Waals surface area contributed by atoms with Crippen LogP contribution in [-0.2, 0) is 4.79 Å². The van der Waals surface area contributed by atoms with Crippen molar-refractivity contribution in [3.8, 4) is 5.69 Å². The van der Waals surface area contributed by atoms with Crippen LogP contribution < -0.4 is 0 Å². The van der Waals surface area contributed by atoms with E-state index in [4.69, 9.17) is 11.6 Å². The highest BCUT2D eigenvalue weighted by Gasteiger charge is 2.30. The molecule has 1 aromatic heterocycles. The zero-order valence-corrected chi connectivity index (χ0v) is 20.8. The number of halogens is 2. The van der Waals surface area contributed by atoms with Crippen molar-refractivity contribution in [3.63, 3.8) is 0 Å². The van der Waals surface area contributed by atoms with Gasteiger partial charge < -0.3 is 4.57 Å². The van der Waals surface area contributed by atoms with Gasteiger partial charge in [-0.2, -0.15) is 0 Å². The summed E-state index contributed by atoms with van der Waals surface area (Å²) in [5, 5.41) is 1.21. The number of aromatic nitrogens is 1. The molecule has 2 heterocycles. The number of rotatable bonds is 3. The summed E-state index contributed by atoms with van der Waals surface area (Å²) < 4.78 is 3.03. The van der Waals surface area contributed by atoms with Gasteiger partial charge in [0.25, 0.3) is 5.91 Å². The fourth-order valence-corrected chi connectivity index (χ4v) is 4.96. The molecule has 0 saturated carbocycles. The van der Waals surface area contributed by atoms with Crippen LogP contribution in [0, 0.1) is 20.8 Å². The lowest BCUT2D eigenvalue weighted by molar-refractivity contribution is -0.121. The van der Waals surface area contributed by atoms with Crippen molar-refractivity contribution in [2.75, 3.05) is 7.05 Å². The van der Waals surface area contributed by atoms with E-state index in [1.54, 1.807) is 18.0 Å². The van der Waals surface area contributed by atoms with Crippen LogP contribution in [0.15, 0.2) is 62.9 Å². The number of hydrogen-bond acceptors (Lipinski definition) is 3. The molecule has 1 saturated heterocycles. The van der Waals surface area contributed by atoms with E-state index in [1.807, 2.05) is 18.2 Å². The van der Waals surface area contributed by atoms with Crippen LogP contribution in [0.5, 0.6) is 0 Å². The van der Waals surface area contributed by atoms with E-state index in [1.165, 1.54) is 17.3 Å². The quantitative estimate of drug-likeness (QED) is 0.351. The molecule has 0 aliphatic carbocycles. The number of hydrogen-bond donors (Lipinski definition) is 0. The molecular weight excluding hydrogens is 494 g/mol. The molecule has 2 aromatic carbocycles. The van der Waals surface area contributed by atoms with Crippen molar-refractivity contribution in [1.29, 1.82) is 0 Å². The zero-order valence-electron chi connectivity index (χ0n) is 17.6. The number of thioether (sulfide) groups is 1. The lowest BCUT2D eigenvalue weighted by Gasteiger charge is -2.10. The van der Waals surface area contributed by atoms with Crippen molar-refractivity contribution in [2.45, 2.75) is 20.8 Å². The van der Waals surface area contributed by atoms with Gasteiger partial charge in [-0.3, -0.25) is 9.69 Å². The second-order valence-corrected chi connectivity index (χ2v) is 9.74. The van der Waals surface area contributed by atoms with Gasteiger partial charge in [0.1, 0.15) is 0 Å². The molecule has 0 bridgehead atoms. The molecule has 31 heavy (non-hydrogen) atoms. The van der Waals surface area contributed by atoms with Crippen molar-refractivity contribution >= 4 is 62.1 Å². The number of nitrogens with zero attached hydrogens (tertiary/aromatic N) is 3. The smallest absolute Gasteiger partial charge is 0.266 e. The second kappa shape index (κ2) is 8.69. The van der Waals surface area contributed by atoms with Crippen LogP contribution in [0.1, 0.15) is 22.5 Å². The van der Waals surface area contributed by atoms with E-state index in [0.29, 0.717) is 20.8 Å². The highest BCUT2D eigenvalue weighted by atomic mass is 79.9. The normalized spacial score (nSPS) is 16.7. The Morgan fingerprint density at radius 3 is 2.58 bits per heavy atom. The van der Waals surface area contributed by atoms with Crippen molar-refractivity contribution in [1.82, 2.24) is 9.47 Å². The molecular formula is C24H21BrClN3OS. The molecule has 7 heteroatoms. The van der Waals surface area contributed by atoms with Gasteiger partial charge in [0, 0.05) is 28.6 Å². The maximum Gasteiger partial charge on any atom is 0.266 e. The molecule has 1 amide bonds. The lowest BCUT2D eigenvalue weighted by atomic mass is 10.2. The number of benzene rings is 2. The van der Waals surface area contributed by atoms with E-state index >= 15 is 0 Å². The SMILES string of the molecule is Cc1cccc(-n2c(C)cc(/C=C3\SC(=Nc4ccc(Br)c(Cl)c4)N(C)C3=O)c2C)c1. The van der Waals surface area contributed by atoms with Crippen LogP contribution in [0.3, 0.4) is 0 Å². The average Bonchev–Trinajstić information content (AvgIpc) is 3.15. The number of likely N-dealkylation sites (N-methyl/N-ethyl adjacent to an activating group) is 1. The Balaban J connectivity index is 1.68. The Hall–Kier alpha value is -2.28. The first-order valence-electron chi connectivity index (χ1n) is 9.72. The van der Waals surface area contributed by atoms with Gasteiger partial charge in [-0.05, 0) is 102 Å². The molecule has 158 valence electrons. The summed E-state index contributed by atoms with van der Waals surface area (Å²) in [6.07, 6.45) is 1.95. The first-order chi connectivity index (χ1) is 14.7. The average molecular weight is 515 g/mol. The van der Waals surface area contributed by atoms with Gasteiger partial charge in [-0.25, -0.2) is 4.99 Å². The van der Waals surface area contributed by atoms with E-state index in [2.05, 4.69) is 76.6 Å². The van der Waals surface area contributed by atoms with Crippen molar-refractivity contribution in [2.24, 2.45) is 4.99 Å². The monoisotopic (exact) mass is 513 g/mol. The third kappa shape index (κ3) is 4.38. The van der Waals surface area contributed by atoms with Crippen molar-refractivity contribution in [3.05, 3.63) is 85.4 Å². The number of aryl methyl sites for hydroxylation is 2. The molecule has 4 nitrogen and oxygen atoms in total. The van der Waals surface area contributed by atoms with Gasteiger partial charge in [0.15, 0.2) is 5.17 Å². The van der Waals surface area contributed by atoms with Gasteiger partial charge >= 0.3 is 0 Å². The molecule has 0 spiro atoms. The molecule has 0 atom stereocenters. The third-order valence-electron chi connectivity index (χ3n) is 5.15. The molecule has 1 aliphatic heterocycles. The molecule has 3 aromatic rings. The molecule has 0 radical (unpaired) electrons. The number of amides is 1. The summed E-state index contributed by atoms with van der Waals surface area (Å²) in [5.41, 5.74) is 6.28. The molecule has 0 N–H and O–H groups in total. The molecule has 4 rings (SSSR count). The Labute approximate surface area is 199 Å². The summed E-state index contributed by atoms with van der Waals surface area (Å²) in [6, 6.07) is 16.0. The van der Waals surface area contributed by atoms with Crippen LogP contribution in [0.2, 0.25) is 5.02 Å². The van der Waals surface area contributed by atoms with Crippen LogP contribution in [-0.4, -0.2) is 27.6 Å². The third-order valence-corrected chi connectivity index (χ3v) is 7.44. The van der Waals surface area contributed by atoms with Gasteiger partial charge in [0.05, 0.1) is 15.6 Å². The Morgan fingerprint density at radius 1 is 1.10 bits per heavy atom. The minimum absolute atomic E-state index is 0.0627. The summed E-state index contributed by atoms with van der Waals surface area (Å²) in [7, 11) is 1.74. The fraction of sp³-hybridized carbons (Fsp3) is 0.167. The predicted molar refractivity (Wildman–Crippen MR) is 135 cm³/mol. The maximum atomic E-state index is 12.9. The minimum atomic E-state index is -0.0627. The van der Waals surface area contributed by atoms with Crippen LogP contribution in [0.25, 0.3) is 11.8 Å². The number of carbonyl (C=O) groups excluding carboxylic acids is 1. The Morgan fingerprint density at radius 2 is 1.87 bits per heavy atom. The first-order valence-corrected chi connectivity index (χ1v) is 11.7. The lowest BCUT2D eigenvalue weighted by Crippen LogP contribution is -2.23. The van der Waals surface area contributed by atoms with Gasteiger partial charge in [-0.15, -0.1) is 0 Å². The Kier molecular flexibility index (Phi) is 6.15. The van der Waals surface area contributed by atoms with Crippen molar-refractivity contribution < 1.29 is 4.79 Å². The zero-order chi connectivity index (χ0) is 22.3. The molecule has 1 fully saturated rings. The summed E-state index contributed by atoms with van der Waals surface area (Å²) >= 11 is 10.9. The van der Waals surface area contributed by atoms with E-state index in [0.717, 1.165) is 27.1 Å². The number of amidine groups is 1. The number of carbonyl (C=O) groups is 1. The van der Waals surface area contributed by atoms with E-state index in [-0.39, 0.29) is 5.91 Å². The summed E-state index contributed by atoms with van der Waals surface area (Å²) in [6.45, 7) is 6.25. The van der Waals surface area contributed by atoms with Gasteiger partial charge in [0.2, 0.25) is 0 Å². The molecule has 0 unspecified atom stereocenters. The van der Waals surface area contributed by atoms with Gasteiger partial charge in [-0.1, -0.05) is 23.7 Å². The van der Waals surface area contributed by atoms with E-state index in [9.17, 15) is 4.79 Å². The summed E-state index contributed by atoms with van der Waals surface area (Å²) in [4.78, 5) is 19.7. The number of aliphatic imine (C=N–C) groups is 1. The standard InChI is InChI=1S/C24H21BrClN3OS/c1-14-6-5-7-19(10-14)29-15(2)11-17(16(29)3)12-22-23(30)28(4)24(31-22)27-18-8-9-20(25)21(26)13-18/h5-13H,1-4H3/b22-12-,27-24?. The minimum Gasteiger partial charge on any atom is -0.318 e. The van der Waals surface area contributed by atoms with Crippen LogP contribution >= 0.6 is 39.3 Å². The van der Waals surface area contributed by atoms with Crippen LogP contribution in [0.4, 0.5) is 5.69 Å². The highest BCUT2D eigenvalue weighted by Crippen LogP contribution is 2.35. The highest BCUT2D eigenvalue weighted by molar-refractivity contribution is 9.10. The predicted octanol–water partition coefficient (Wildman–Crippen LogP) is 7.05.